The molecule has 1 fully saturated rings. The molecule has 1 heterocycles. The van der Waals surface area contributed by atoms with Crippen LogP contribution in [0.1, 0.15) is 30.4 Å². The molecule has 2 aromatic rings. The van der Waals surface area contributed by atoms with Gasteiger partial charge in [0.05, 0.1) is 0 Å². The Kier molecular flexibility index (Phi) is 7.24. The quantitative estimate of drug-likeness (QED) is 0.784. The van der Waals surface area contributed by atoms with E-state index in [1.807, 2.05) is 24.3 Å². The summed E-state index contributed by atoms with van der Waals surface area (Å²) >= 11 is 0. The fourth-order valence-electron chi connectivity index (χ4n) is 4.22. The van der Waals surface area contributed by atoms with E-state index < -0.39 is 0 Å². The van der Waals surface area contributed by atoms with E-state index in [0.29, 0.717) is 18.4 Å². The fourth-order valence-corrected chi connectivity index (χ4v) is 4.22. The van der Waals surface area contributed by atoms with Crippen molar-refractivity contribution in [2.24, 2.45) is 5.92 Å². The first-order valence-corrected chi connectivity index (χ1v) is 10.3. The van der Waals surface area contributed by atoms with Gasteiger partial charge in [-0.05, 0) is 64.0 Å². The number of likely N-dealkylation sites (tertiary alicyclic amines) is 1. The Morgan fingerprint density at radius 3 is 2.50 bits per heavy atom. The highest BCUT2D eigenvalue weighted by atomic mass is 16.1. The van der Waals surface area contributed by atoms with Crippen LogP contribution in [0.25, 0.3) is 0 Å². The molecule has 0 unspecified atom stereocenters. The summed E-state index contributed by atoms with van der Waals surface area (Å²) in [6.07, 6.45) is 2.65. The normalized spacial score (nSPS) is 20.3. The summed E-state index contributed by atoms with van der Waals surface area (Å²) in [5.41, 5.74) is 3.45. The van der Waals surface area contributed by atoms with Gasteiger partial charge in [-0.1, -0.05) is 48.0 Å². The number of anilines is 1. The van der Waals surface area contributed by atoms with E-state index >= 15 is 0 Å². The number of carbonyl (C=O) groups is 1. The highest BCUT2D eigenvalue weighted by molar-refractivity contribution is 5.90. The molecule has 4 heteroatoms. The molecule has 0 saturated carbocycles. The summed E-state index contributed by atoms with van der Waals surface area (Å²) in [4.78, 5) is 17.3. The summed E-state index contributed by atoms with van der Waals surface area (Å²) in [7, 11) is 4.33. The number of nitrogens with one attached hydrogen (secondary N) is 1. The third-order valence-corrected chi connectivity index (χ3v) is 5.77. The van der Waals surface area contributed by atoms with Gasteiger partial charge in [0.2, 0.25) is 5.91 Å². The SMILES string of the molecule is Cc1ccc(NC(=O)CC[C@H]2CN(Cc3ccccc3)CC[C@H]2N(C)C)cc1. The number of nitrogens with zero attached hydrogens (tertiary/aromatic N) is 2. The summed E-state index contributed by atoms with van der Waals surface area (Å²) in [5.74, 6) is 0.623. The van der Waals surface area contributed by atoms with E-state index in [1.165, 1.54) is 11.1 Å². The first kappa shape index (κ1) is 20.6. The minimum absolute atomic E-state index is 0.113. The molecule has 1 aliphatic rings. The molecule has 1 N–H and O–H groups in total. The van der Waals surface area contributed by atoms with Crippen molar-refractivity contribution in [3.8, 4) is 0 Å². The van der Waals surface area contributed by atoms with Crippen molar-refractivity contribution in [1.82, 2.24) is 9.80 Å². The summed E-state index contributed by atoms with van der Waals surface area (Å²) in [6.45, 7) is 5.21. The molecule has 0 aliphatic carbocycles. The summed E-state index contributed by atoms with van der Waals surface area (Å²) < 4.78 is 0. The average Bonchev–Trinajstić information content (AvgIpc) is 2.69. The van der Waals surface area contributed by atoms with Crippen LogP contribution in [0, 0.1) is 12.8 Å². The summed E-state index contributed by atoms with van der Waals surface area (Å²) in [6, 6.07) is 19.2. The van der Waals surface area contributed by atoms with Gasteiger partial charge < -0.3 is 10.2 Å². The monoisotopic (exact) mass is 379 g/mol. The highest BCUT2D eigenvalue weighted by Gasteiger charge is 2.30. The van der Waals surface area contributed by atoms with E-state index in [2.05, 4.69) is 66.5 Å². The minimum Gasteiger partial charge on any atom is -0.326 e. The molecule has 3 rings (SSSR count). The Hall–Kier alpha value is -2.17. The van der Waals surface area contributed by atoms with Crippen molar-refractivity contribution < 1.29 is 4.79 Å². The second-order valence-electron chi connectivity index (χ2n) is 8.25. The number of carbonyl (C=O) groups excluding carboxylic acids is 1. The number of aryl methyl sites for hydroxylation is 1. The van der Waals surface area contributed by atoms with Crippen LogP contribution < -0.4 is 5.32 Å². The van der Waals surface area contributed by atoms with Crippen LogP contribution in [0.3, 0.4) is 0 Å². The molecule has 2 aromatic carbocycles. The van der Waals surface area contributed by atoms with E-state index in [1.54, 1.807) is 0 Å². The summed E-state index contributed by atoms with van der Waals surface area (Å²) in [5, 5.41) is 3.04. The van der Waals surface area contributed by atoms with Crippen LogP contribution >= 0.6 is 0 Å². The van der Waals surface area contributed by atoms with Crippen LogP contribution in [0.4, 0.5) is 5.69 Å². The molecular formula is C24H33N3O. The van der Waals surface area contributed by atoms with Gasteiger partial charge in [-0.2, -0.15) is 0 Å². The van der Waals surface area contributed by atoms with Crippen molar-refractivity contribution in [2.45, 2.75) is 38.8 Å². The second-order valence-corrected chi connectivity index (χ2v) is 8.25. The van der Waals surface area contributed by atoms with Gasteiger partial charge in [-0.25, -0.2) is 0 Å². The van der Waals surface area contributed by atoms with E-state index in [4.69, 9.17) is 0 Å². The molecule has 0 radical (unpaired) electrons. The Balaban J connectivity index is 1.55. The Bertz CT molecular complexity index is 742. The maximum Gasteiger partial charge on any atom is 0.224 e. The van der Waals surface area contributed by atoms with Crippen LogP contribution in [0.2, 0.25) is 0 Å². The molecule has 1 aliphatic heterocycles. The van der Waals surface area contributed by atoms with Gasteiger partial charge in [0.25, 0.3) is 0 Å². The number of amides is 1. The molecule has 150 valence electrons. The van der Waals surface area contributed by atoms with Crippen LogP contribution in [0.15, 0.2) is 54.6 Å². The van der Waals surface area contributed by atoms with E-state index in [-0.39, 0.29) is 5.91 Å². The van der Waals surface area contributed by atoms with Crippen molar-refractivity contribution in [3.63, 3.8) is 0 Å². The molecule has 0 bridgehead atoms. The van der Waals surface area contributed by atoms with E-state index in [0.717, 1.165) is 38.2 Å². The lowest BCUT2D eigenvalue weighted by Crippen LogP contribution is -2.48. The number of rotatable bonds is 7. The predicted octanol–water partition coefficient (Wildman–Crippen LogP) is 4.17. The topological polar surface area (TPSA) is 35.6 Å². The third-order valence-electron chi connectivity index (χ3n) is 5.77. The second kappa shape index (κ2) is 9.85. The van der Waals surface area contributed by atoms with Crippen molar-refractivity contribution >= 4 is 11.6 Å². The van der Waals surface area contributed by atoms with Gasteiger partial charge >= 0.3 is 0 Å². The van der Waals surface area contributed by atoms with Crippen LogP contribution in [-0.2, 0) is 11.3 Å². The molecule has 4 nitrogen and oxygen atoms in total. The molecular weight excluding hydrogens is 346 g/mol. The Labute approximate surface area is 169 Å². The van der Waals surface area contributed by atoms with Gasteiger partial charge in [0.15, 0.2) is 0 Å². The lowest BCUT2D eigenvalue weighted by atomic mass is 9.87. The molecule has 28 heavy (non-hydrogen) atoms. The Morgan fingerprint density at radius 2 is 1.82 bits per heavy atom. The molecule has 0 aromatic heterocycles. The molecule has 1 saturated heterocycles. The zero-order valence-corrected chi connectivity index (χ0v) is 17.4. The molecule has 0 spiro atoms. The zero-order valence-electron chi connectivity index (χ0n) is 17.4. The smallest absolute Gasteiger partial charge is 0.224 e. The number of benzene rings is 2. The lowest BCUT2D eigenvalue weighted by Gasteiger charge is -2.41. The standard InChI is InChI=1S/C24H33N3O/c1-19-9-12-22(13-10-19)25-24(28)14-11-21-18-27(16-15-23(21)26(2)3)17-20-7-5-4-6-8-20/h4-10,12-13,21,23H,11,14-18H2,1-3H3,(H,25,28)/t21-,23+/m0/s1. The zero-order chi connectivity index (χ0) is 19.9. The largest absolute Gasteiger partial charge is 0.326 e. The van der Waals surface area contributed by atoms with Gasteiger partial charge in [0, 0.05) is 31.2 Å². The number of piperidine rings is 1. The van der Waals surface area contributed by atoms with Gasteiger partial charge in [0.1, 0.15) is 0 Å². The first-order valence-electron chi connectivity index (χ1n) is 10.3. The highest BCUT2D eigenvalue weighted by Crippen LogP contribution is 2.26. The third kappa shape index (κ3) is 5.91. The Morgan fingerprint density at radius 1 is 1.11 bits per heavy atom. The number of hydrogen-bond donors (Lipinski definition) is 1. The van der Waals surface area contributed by atoms with Crippen molar-refractivity contribution in [2.75, 3.05) is 32.5 Å². The van der Waals surface area contributed by atoms with E-state index in [9.17, 15) is 4.79 Å². The predicted molar refractivity (Wildman–Crippen MR) is 116 cm³/mol. The van der Waals surface area contributed by atoms with Crippen molar-refractivity contribution in [3.05, 3.63) is 65.7 Å². The molecule has 1 amide bonds. The fraction of sp³-hybridized carbons (Fsp3) is 0.458. The number of hydrogen-bond acceptors (Lipinski definition) is 3. The lowest BCUT2D eigenvalue weighted by molar-refractivity contribution is -0.116. The van der Waals surface area contributed by atoms with Crippen LogP contribution in [0.5, 0.6) is 0 Å². The minimum atomic E-state index is 0.113. The van der Waals surface area contributed by atoms with Gasteiger partial charge in [-0.3, -0.25) is 9.69 Å². The average molecular weight is 380 g/mol. The van der Waals surface area contributed by atoms with Crippen LogP contribution in [-0.4, -0.2) is 48.9 Å². The van der Waals surface area contributed by atoms with Crippen molar-refractivity contribution in [1.29, 1.82) is 0 Å². The molecule has 2 atom stereocenters. The maximum absolute atomic E-state index is 12.5. The first-order chi connectivity index (χ1) is 13.5. The maximum atomic E-state index is 12.5. The van der Waals surface area contributed by atoms with Gasteiger partial charge in [-0.15, -0.1) is 0 Å².